The summed E-state index contributed by atoms with van der Waals surface area (Å²) < 4.78 is 8.97. The summed E-state index contributed by atoms with van der Waals surface area (Å²) in [6, 6.07) is 0. The van der Waals surface area contributed by atoms with Crippen molar-refractivity contribution in [3.05, 3.63) is 0 Å². The molecule has 0 spiro atoms. The minimum atomic E-state index is -2.23. The summed E-state index contributed by atoms with van der Waals surface area (Å²) in [6.45, 7) is 2.29. The van der Waals surface area contributed by atoms with E-state index in [9.17, 15) is 19.8 Å². The molecule has 0 fully saturated rings. The first kappa shape index (κ1) is 16.8. The van der Waals surface area contributed by atoms with E-state index in [2.05, 4.69) is 9.47 Å². The molecule has 106 valence electrons. The molecule has 4 unspecified atom stereocenters. The zero-order chi connectivity index (χ0) is 14.5. The van der Waals surface area contributed by atoms with Crippen LogP contribution in [0.4, 0.5) is 0 Å². The molecule has 4 N–H and O–H groups in total. The van der Waals surface area contributed by atoms with Gasteiger partial charge in [-0.2, -0.15) is 0 Å². The lowest BCUT2D eigenvalue weighted by atomic mass is 9.96. The number of hydrogen-bond donors (Lipinski definition) is 4. The van der Waals surface area contributed by atoms with Crippen LogP contribution in [0, 0.1) is 5.92 Å². The van der Waals surface area contributed by atoms with Gasteiger partial charge in [0.25, 0.3) is 0 Å². The van der Waals surface area contributed by atoms with Gasteiger partial charge in [0.05, 0.1) is 13.0 Å². The summed E-state index contributed by atoms with van der Waals surface area (Å²) in [4.78, 5) is 22.0. The molecule has 8 nitrogen and oxygen atoms in total. The van der Waals surface area contributed by atoms with Crippen molar-refractivity contribution in [2.75, 3.05) is 7.11 Å². The molecule has 0 saturated heterocycles. The molecule has 0 heterocycles. The largest absolute Gasteiger partial charge is 0.469 e. The van der Waals surface area contributed by atoms with E-state index in [1.807, 2.05) is 0 Å². The lowest BCUT2D eigenvalue weighted by Gasteiger charge is -2.30. The number of methoxy groups -OCH3 is 1. The molecule has 0 saturated carbocycles. The van der Waals surface area contributed by atoms with E-state index >= 15 is 0 Å². The Bertz CT molecular complexity index is 290. The van der Waals surface area contributed by atoms with Gasteiger partial charge in [0.15, 0.2) is 12.4 Å². The van der Waals surface area contributed by atoms with Gasteiger partial charge in [-0.15, -0.1) is 0 Å². The zero-order valence-corrected chi connectivity index (χ0v) is 10.3. The number of carbonyl (C=O) groups is 2. The fourth-order valence-corrected chi connectivity index (χ4v) is 1.31. The molecule has 0 aromatic rings. The maximum Gasteiger partial charge on any atom is 0.311 e. The SMILES string of the molecule is COC(=O)C(C)C(O)C(OC(C)=O)C(O)C(O)O. The van der Waals surface area contributed by atoms with Gasteiger partial charge in [0, 0.05) is 6.92 Å². The van der Waals surface area contributed by atoms with Crippen molar-refractivity contribution in [1.29, 1.82) is 0 Å². The molecule has 0 aromatic carbocycles. The Morgan fingerprint density at radius 2 is 1.56 bits per heavy atom. The quantitative estimate of drug-likeness (QED) is 0.313. The van der Waals surface area contributed by atoms with E-state index in [1.54, 1.807) is 0 Å². The number of aliphatic hydroxyl groups excluding tert-OH is 3. The highest BCUT2D eigenvalue weighted by atomic mass is 16.6. The number of aliphatic hydroxyl groups is 4. The summed E-state index contributed by atoms with van der Waals surface area (Å²) in [5.41, 5.74) is 0. The van der Waals surface area contributed by atoms with Crippen LogP contribution in [0.5, 0.6) is 0 Å². The number of esters is 2. The normalized spacial score (nSPS) is 17.8. The summed E-state index contributed by atoms with van der Waals surface area (Å²) in [5.74, 6) is -2.76. The lowest BCUT2D eigenvalue weighted by Crippen LogP contribution is -2.50. The smallest absolute Gasteiger partial charge is 0.311 e. The topological polar surface area (TPSA) is 134 Å². The van der Waals surface area contributed by atoms with Gasteiger partial charge in [0.2, 0.25) is 0 Å². The van der Waals surface area contributed by atoms with Gasteiger partial charge in [-0.3, -0.25) is 9.59 Å². The Kier molecular flexibility index (Phi) is 6.77. The van der Waals surface area contributed by atoms with Crippen LogP contribution in [0.25, 0.3) is 0 Å². The average Bonchev–Trinajstić information content (AvgIpc) is 2.31. The third-order valence-corrected chi connectivity index (χ3v) is 2.37. The van der Waals surface area contributed by atoms with Crippen molar-refractivity contribution in [3.63, 3.8) is 0 Å². The molecule has 8 heteroatoms. The van der Waals surface area contributed by atoms with Crippen molar-refractivity contribution in [1.82, 2.24) is 0 Å². The molecule has 0 amide bonds. The van der Waals surface area contributed by atoms with E-state index in [1.165, 1.54) is 6.92 Å². The van der Waals surface area contributed by atoms with E-state index in [0.717, 1.165) is 14.0 Å². The zero-order valence-electron chi connectivity index (χ0n) is 10.3. The Hall–Kier alpha value is -1.22. The molecule has 4 atom stereocenters. The Labute approximate surface area is 104 Å². The number of carbonyl (C=O) groups excluding carboxylic acids is 2. The fraction of sp³-hybridized carbons (Fsp3) is 0.800. The summed E-state index contributed by atoms with van der Waals surface area (Å²) >= 11 is 0. The molecule has 0 aromatic heterocycles. The van der Waals surface area contributed by atoms with Crippen LogP contribution in [-0.2, 0) is 19.1 Å². The monoisotopic (exact) mass is 266 g/mol. The predicted molar refractivity (Wildman–Crippen MR) is 57.0 cm³/mol. The van der Waals surface area contributed by atoms with Gasteiger partial charge >= 0.3 is 11.9 Å². The molecular weight excluding hydrogens is 248 g/mol. The second-order valence-corrected chi connectivity index (χ2v) is 3.78. The van der Waals surface area contributed by atoms with Gasteiger partial charge < -0.3 is 29.9 Å². The van der Waals surface area contributed by atoms with Crippen LogP contribution in [0.15, 0.2) is 0 Å². The highest BCUT2D eigenvalue weighted by molar-refractivity contribution is 5.72. The molecule has 0 aliphatic heterocycles. The third kappa shape index (κ3) is 4.57. The third-order valence-electron chi connectivity index (χ3n) is 2.37. The first-order valence-corrected chi connectivity index (χ1v) is 5.19. The van der Waals surface area contributed by atoms with Crippen molar-refractivity contribution in [3.8, 4) is 0 Å². The average molecular weight is 266 g/mol. The molecular formula is C10H18O8. The van der Waals surface area contributed by atoms with Crippen LogP contribution in [-0.4, -0.2) is 64.1 Å². The Morgan fingerprint density at radius 3 is 1.89 bits per heavy atom. The van der Waals surface area contributed by atoms with Crippen molar-refractivity contribution < 1.29 is 39.5 Å². The summed E-state index contributed by atoms with van der Waals surface area (Å²) in [5, 5.41) is 36.8. The number of ether oxygens (including phenoxy) is 2. The minimum absolute atomic E-state index is 0.792. The Balaban J connectivity index is 4.94. The van der Waals surface area contributed by atoms with Gasteiger partial charge in [0.1, 0.15) is 12.2 Å². The number of hydrogen-bond acceptors (Lipinski definition) is 8. The van der Waals surface area contributed by atoms with Crippen molar-refractivity contribution in [2.45, 2.75) is 38.4 Å². The van der Waals surface area contributed by atoms with Gasteiger partial charge in [-0.05, 0) is 6.92 Å². The van der Waals surface area contributed by atoms with Gasteiger partial charge in [-0.25, -0.2) is 0 Å². The highest BCUT2D eigenvalue weighted by Crippen LogP contribution is 2.17. The van der Waals surface area contributed by atoms with Crippen LogP contribution in [0.1, 0.15) is 13.8 Å². The molecule has 18 heavy (non-hydrogen) atoms. The molecule has 0 rings (SSSR count). The van der Waals surface area contributed by atoms with Crippen LogP contribution in [0.3, 0.4) is 0 Å². The molecule has 0 bridgehead atoms. The first-order valence-electron chi connectivity index (χ1n) is 5.19. The highest BCUT2D eigenvalue weighted by Gasteiger charge is 2.39. The maximum atomic E-state index is 11.2. The van der Waals surface area contributed by atoms with Crippen molar-refractivity contribution in [2.24, 2.45) is 5.92 Å². The predicted octanol–water partition coefficient (Wildman–Crippen LogP) is -2.24. The standard InChI is InChI=1S/C10H18O8/c1-4(10(16)17-3)6(12)8(18-5(2)11)7(13)9(14)15/h4,6-9,12-15H,1-3H3. The van der Waals surface area contributed by atoms with E-state index in [4.69, 9.17) is 10.2 Å². The maximum absolute atomic E-state index is 11.2. The fourth-order valence-electron chi connectivity index (χ4n) is 1.31. The second kappa shape index (κ2) is 7.27. The summed E-state index contributed by atoms with van der Waals surface area (Å²) in [7, 11) is 1.10. The molecule has 0 radical (unpaired) electrons. The van der Waals surface area contributed by atoms with Crippen LogP contribution >= 0.6 is 0 Å². The Morgan fingerprint density at radius 1 is 1.06 bits per heavy atom. The number of rotatable bonds is 6. The van der Waals surface area contributed by atoms with E-state index in [-0.39, 0.29) is 0 Å². The minimum Gasteiger partial charge on any atom is -0.469 e. The van der Waals surface area contributed by atoms with Crippen LogP contribution in [0.2, 0.25) is 0 Å². The second-order valence-electron chi connectivity index (χ2n) is 3.78. The lowest BCUT2D eigenvalue weighted by molar-refractivity contribution is -0.203. The first-order chi connectivity index (χ1) is 8.22. The summed E-state index contributed by atoms with van der Waals surface area (Å²) in [6.07, 6.45) is -7.47. The van der Waals surface area contributed by atoms with Crippen molar-refractivity contribution >= 4 is 11.9 Å². The molecule has 0 aliphatic rings. The van der Waals surface area contributed by atoms with E-state index in [0.29, 0.717) is 0 Å². The van der Waals surface area contributed by atoms with Gasteiger partial charge in [-0.1, -0.05) is 0 Å². The van der Waals surface area contributed by atoms with E-state index < -0.39 is 42.5 Å². The van der Waals surface area contributed by atoms with Crippen LogP contribution < -0.4 is 0 Å². The molecule has 0 aliphatic carbocycles.